The van der Waals surface area contributed by atoms with Crippen LogP contribution in [0, 0.1) is 5.92 Å². The van der Waals surface area contributed by atoms with E-state index in [1.165, 1.54) is 0 Å². The van der Waals surface area contributed by atoms with E-state index in [1.54, 1.807) is 6.92 Å². The molecule has 0 heterocycles. The van der Waals surface area contributed by atoms with Crippen molar-refractivity contribution in [1.82, 2.24) is 4.90 Å². The molecule has 0 aromatic heterocycles. The normalized spacial score (nSPS) is 12.6. The van der Waals surface area contributed by atoms with Crippen molar-refractivity contribution in [2.45, 2.75) is 27.2 Å². The van der Waals surface area contributed by atoms with Gasteiger partial charge in [-0.15, -0.1) is 0 Å². The molecular weight excluding hydrogens is 194 g/mol. The van der Waals surface area contributed by atoms with Crippen molar-refractivity contribution < 1.29 is 14.3 Å². The number of hydrogen-bond donors (Lipinski definition) is 0. The Morgan fingerprint density at radius 2 is 1.93 bits per heavy atom. The van der Waals surface area contributed by atoms with Gasteiger partial charge in [0.1, 0.15) is 5.78 Å². The first-order valence-electron chi connectivity index (χ1n) is 5.38. The second kappa shape index (κ2) is 7.40. The van der Waals surface area contributed by atoms with E-state index in [1.807, 2.05) is 25.8 Å². The largest absolute Gasteiger partial charge is 0.465 e. The first-order chi connectivity index (χ1) is 7.01. The van der Waals surface area contributed by atoms with Crippen LogP contribution in [-0.4, -0.2) is 43.4 Å². The number of nitrogens with zero attached hydrogens (tertiary/aromatic N) is 1. The maximum absolute atomic E-state index is 11.3. The lowest BCUT2D eigenvalue weighted by atomic mass is 10.0. The third kappa shape index (κ3) is 6.23. The van der Waals surface area contributed by atoms with Gasteiger partial charge in [-0.3, -0.25) is 14.5 Å². The fraction of sp³-hybridized carbons (Fsp3) is 0.818. The van der Waals surface area contributed by atoms with E-state index in [-0.39, 0.29) is 24.2 Å². The number of Topliss-reactive ketones (excluding diaryl/α,β-unsaturated/α-hetero) is 1. The number of carbonyl (C=O) groups is 2. The predicted octanol–water partition coefficient (Wildman–Crippen LogP) is 1.10. The van der Waals surface area contributed by atoms with Crippen molar-refractivity contribution in [2.75, 3.05) is 26.7 Å². The zero-order valence-corrected chi connectivity index (χ0v) is 10.1. The maximum Gasteiger partial charge on any atom is 0.320 e. The standard InChI is InChI=1S/C11H21NO3/c1-5-10(13)9(3)7-12(4)8-11(14)15-6-2/h9H,5-8H2,1-4H3. The number of likely N-dealkylation sites (N-methyl/N-ethyl adjacent to an activating group) is 1. The highest BCUT2D eigenvalue weighted by molar-refractivity contribution is 5.80. The summed E-state index contributed by atoms with van der Waals surface area (Å²) in [5.41, 5.74) is 0. The lowest BCUT2D eigenvalue weighted by Gasteiger charge is -2.19. The van der Waals surface area contributed by atoms with Gasteiger partial charge in [-0.2, -0.15) is 0 Å². The molecule has 0 bridgehead atoms. The number of rotatable bonds is 7. The van der Waals surface area contributed by atoms with Gasteiger partial charge in [0.25, 0.3) is 0 Å². The molecule has 1 unspecified atom stereocenters. The number of esters is 1. The minimum absolute atomic E-state index is 0.0190. The molecule has 15 heavy (non-hydrogen) atoms. The Bertz CT molecular complexity index is 216. The van der Waals surface area contributed by atoms with Gasteiger partial charge in [-0.25, -0.2) is 0 Å². The van der Waals surface area contributed by atoms with Crippen LogP contribution in [0.25, 0.3) is 0 Å². The van der Waals surface area contributed by atoms with Crippen LogP contribution in [0.1, 0.15) is 27.2 Å². The molecule has 0 aromatic carbocycles. The van der Waals surface area contributed by atoms with Crippen LogP contribution in [0.3, 0.4) is 0 Å². The molecule has 4 heteroatoms. The van der Waals surface area contributed by atoms with Crippen molar-refractivity contribution in [2.24, 2.45) is 5.92 Å². The minimum Gasteiger partial charge on any atom is -0.465 e. The van der Waals surface area contributed by atoms with E-state index in [9.17, 15) is 9.59 Å². The molecular formula is C11H21NO3. The van der Waals surface area contributed by atoms with Gasteiger partial charge in [-0.05, 0) is 14.0 Å². The van der Waals surface area contributed by atoms with Gasteiger partial charge >= 0.3 is 5.97 Å². The van der Waals surface area contributed by atoms with Crippen molar-refractivity contribution >= 4 is 11.8 Å². The average molecular weight is 215 g/mol. The molecule has 88 valence electrons. The summed E-state index contributed by atoms with van der Waals surface area (Å²) in [7, 11) is 1.82. The van der Waals surface area contributed by atoms with Crippen LogP contribution in [0.4, 0.5) is 0 Å². The molecule has 1 atom stereocenters. The summed E-state index contributed by atoms with van der Waals surface area (Å²) in [4.78, 5) is 24.3. The van der Waals surface area contributed by atoms with E-state index < -0.39 is 0 Å². The molecule has 4 nitrogen and oxygen atoms in total. The van der Waals surface area contributed by atoms with Gasteiger partial charge in [0.15, 0.2) is 0 Å². The topological polar surface area (TPSA) is 46.6 Å². The van der Waals surface area contributed by atoms with Gasteiger partial charge in [0.2, 0.25) is 0 Å². The summed E-state index contributed by atoms with van der Waals surface area (Å²) in [5, 5.41) is 0. The highest BCUT2D eigenvalue weighted by Crippen LogP contribution is 2.02. The lowest BCUT2D eigenvalue weighted by molar-refractivity contribution is -0.144. The quantitative estimate of drug-likeness (QED) is 0.597. The van der Waals surface area contributed by atoms with E-state index in [2.05, 4.69) is 0 Å². The maximum atomic E-state index is 11.3. The number of ketones is 1. The molecule has 0 aliphatic carbocycles. The van der Waals surface area contributed by atoms with Gasteiger partial charge < -0.3 is 4.74 Å². The fourth-order valence-corrected chi connectivity index (χ4v) is 1.41. The summed E-state index contributed by atoms with van der Waals surface area (Å²) in [6.07, 6.45) is 0.550. The molecule has 0 aromatic rings. The third-order valence-corrected chi connectivity index (χ3v) is 2.19. The Hall–Kier alpha value is -0.900. The Balaban J connectivity index is 3.87. The van der Waals surface area contributed by atoms with Crippen molar-refractivity contribution in [3.05, 3.63) is 0 Å². The smallest absolute Gasteiger partial charge is 0.320 e. The van der Waals surface area contributed by atoms with Crippen LogP contribution >= 0.6 is 0 Å². The summed E-state index contributed by atoms with van der Waals surface area (Å²) in [5.74, 6) is -0.0312. The zero-order valence-electron chi connectivity index (χ0n) is 10.1. The van der Waals surface area contributed by atoms with Crippen LogP contribution < -0.4 is 0 Å². The van der Waals surface area contributed by atoms with Crippen molar-refractivity contribution in [3.63, 3.8) is 0 Å². The second-order valence-corrected chi connectivity index (χ2v) is 3.72. The van der Waals surface area contributed by atoms with Gasteiger partial charge in [0.05, 0.1) is 13.2 Å². The van der Waals surface area contributed by atoms with Crippen molar-refractivity contribution in [1.29, 1.82) is 0 Å². The second-order valence-electron chi connectivity index (χ2n) is 3.72. The Labute approximate surface area is 91.6 Å². The Morgan fingerprint density at radius 1 is 1.33 bits per heavy atom. The molecule has 0 amide bonds. The van der Waals surface area contributed by atoms with Gasteiger partial charge in [0, 0.05) is 18.9 Å². The van der Waals surface area contributed by atoms with Crippen LogP contribution in [0.5, 0.6) is 0 Å². The molecule has 0 aliphatic rings. The minimum atomic E-state index is -0.240. The molecule has 0 radical (unpaired) electrons. The molecule has 0 saturated heterocycles. The molecule has 0 fully saturated rings. The molecule has 0 spiro atoms. The summed E-state index contributed by atoms with van der Waals surface area (Å²) < 4.78 is 4.82. The van der Waals surface area contributed by atoms with Gasteiger partial charge in [-0.1, -0.05) is 13.8 Å². The zero-order chi connectivity index (χ0) is 11.8. The first kappa shape index (κ1) is 14.1. The highest BCUT2D eigenvalue weighted by Gasteiger charge is 2.15. The number of carbonyl (C=O) groups excluding carboxylic acids is 2. The average Bonchev–Trinajstić information content (AvgIpc) is 2.16. The lowest BCUT2D eigenvalue weighted by Crippen LogP contribution is -2.33. The van der Waals surface area contributed by atoms with Crippen LogP contribution in [0.15, 0.2) is 0 Å². The summed E-state index contributed by atoms with van der Waals surface area (Å²) >= 11 is 0. The predicted molar refractivity (Wildman–Crippen MR) is 58.6 cm³/mol. The molecule has 0 aliphatic heterocycles. The fourth-order valence-electron chi connectivity index (χ4n) is 1.41. The summed E-state index contributed by atoms with van der Waals surface area (Å²) in [6, 6.07) is 0. The van der Waals surface area contributed by atoms with E-state index >= 15 is 0 Å². The summed E-state index contributed by atoms with van der Waals surface area (Å²) in [6.45, 7) is 6.76. The van der Waals surface area contributed by atoms with E-state index in [4.69, 9.17) is 4.74 Å². The SMILES string of the molecule is CCOC(=O)CN(C)CC(C)C(=O)CC. The van der Waals surface area contributed by atoms with Crippen LogP contribution in [0.2, 0.25) is 0 Å². The third-order valence-electron chi connectivity index (χ3n) is 2.19. The monoisotopic (exact) mass is 215 g/mol. The number of ether oxygens (including phenoxy) is 1. The number of hydrogen-bond acceptors (Lipinski definition) is 4. The first-order valence-corrected chi connectivity index (χ1v) is 5.38. The Morgan fingerprint density at radius 3 is 2.40 bits per heavy atom. The van der Waals surface area contributed by atoms with Crippen LogP contribution in [-0.2, 0) is 14.3 Å². The molecule has 0 rings (SSSR count). The van der Waals surface area contributed by atoms with Crippen molar-refractivity contribution in [3.8, 4) is 0 Å². The van der Waals surface area contributed by atoms with E-state index in [0.29, 0.717) is 19.6 Å². The molecule has 0 saturated carbocycles. The van der Waals surface area contributed by atoms with E-state index in [0.717, 1.165) is 0 Å². The highest BCUT2D eigenvalue weighted by atomic mass is 16.5. The Kier molecular flexibility index (Phi) is 6.96. The molecule has 0 N–H and O–H groups in total.